The number of carboxylic acid groups (broad SMARTS) is 2. The van der Waals surface area contributed by atoms with Crippen molar-refractivity contribution in [2.24, 2.45) is 0 Å². The molecule has 1 rings (SSSR count). The van der Waals surface area contributed by atoms with Crippen LogP contribution in [-0.2, 0) is 9.59 Å². The molecule has 0 aliphatic carbocycles. The number of rotatable bonds is 5. The third kappa shape index (κ3) is 2.74. The molecule has 0 radical (unpaired) electrons. The van der Waals surface area contributed by atoms with E-state index in [-0.39, 0.29) is 21.4 Å². The van der Waals surface area contributed by atoms with E-state index in [1.165, 1.54) is 19.1 Å². The van der Waals surface area contributed by atoms with Crippen LogP contribution in [0.3, 0.4) is 0 Å². The number of carbonyl (C=O) groups is 2. The number of benzene rings is 1. The Bertz CT molecular complexity index is 456. The Morgan fingerprint density at radius 1 is 1.22 bits per heavy atom. The Morgan fingerprint density at radius 2 is 1.67 bits per heavy atom. The monoisotopic (exact) mass is 308 g/mol. The van der Waals surface area contributed by atoms with Gasteiger partial charge in [0.2, 0.25) is 4.75 Å². The second kappa shape index (κ2) is 5.82. The van der Waals surface area contributed by atoms with Crippen LogP contribution < -0.4 is 0 Å². The van der Waals surface area contributed by atoms with Crippen LogP contribution in [0.4, 0.5) is 0 Å². The van der Waals surface area contributed by atoms with Crippen LogP contribution in [0.2, 0.25) is 10.0 Å². The van der Waals surface area contributed by atoms with E-state index < -0.39 is 16.7 Å². The molecule has 2 N–H and O–H groups in total. The fourth-order valence-corrected chi connectivity index (χ4v) is 2.94. The highest BCUT2D eigenvalue weighted by Gasteiger charge is 2.47. The van der Waals surface area contributed by atoms with Crippen molar-refractivity contribution in [1.82, 2.24) is 0 Å². The topological polar surface area (TPSA) is 74.6 Å². The molecule has 0 aliphatic heterocycles. The molecule has 0 saturated heterocycles. The quantitative estimate of drug-likeness (QED) is 0.644. The Labute approximate surface area is 118 Å². The molecule has 0 bridgehead atoms. The summed E-state index contributed by atoms with van der Waals surface area (Å²) >= 11 is 12.5. The molecule has 18 heavy (non-hydrogen) atoms. The fourth-order valence-electron chi connectivity index (χ4n) is 1.31. The zero-order valence-electron chi connectivity index (χ0n) is 9.31. The lowest BCUT2D eigenvalue weighted by atomic mass is 10.1. The average Bonchev–Trinajstić information content (AvgIpc) is 2.28. The number of aliphatic carboxylic acids is 2. The Kier molecular flexibility index (Phi) is 4.90. The van der Waals surface area contributed by atoms with Gasteiger partial charge in [-0.3, -0.25) is 9.59 Å². The molecule has 0 heterocycles. The van der Waals surface area contributed by atoms with E-state index in [0.29, 0.717) is 11.8 Å². The van der Waals surface area contributed by atoms with Crippen molar-refractivity contribution in [3.8, 4) is 0 Å². The SMILES string of the molecule is CCC(Sc1c(Cl)cccc1Cl)(C(=O)O)C(=O)O. The minimum absolute atomic E-state index is 0.0934. The van der Waals surface area contributed by atoms with Gasteiger partial charge in [0, 0.05) is 4.90 Å². The Hall–Kier alpha value is -0.910. The number of halogens is 2. The summed E-state index contributed by atoms with van der Waals surface area (Å²) in [5.74, 6) is -2.86. The van der Waals surface area contributed by atoms with Crippen LogP contribution in [0.25, 0.3) is 0 Å². The lowest BCUT2D eigenvalue weighted by Crippen LogP contribution is -2.42. The van der Waals surface area contributed by atoms with Gasteiger partial charge in [-0.1, -0.05) is 48.0 Å². The molecule has 0 unspecified atom stereocenters. The van der Waals surface area contributed by atoms with Crippen molar-refractivity contribution >= 4 is 46.9 Å². The van der Waals surface area contributed by atoms with E-state index in [1.54, 1.807) is 6.07 Å². The summed E-state index contributed by atoms with van der Waals surface area (Å²) in [4.78, 5) is 22.7. The third-order valence-electron chi connectivity index (χ3n) is 2.38. The van der Waals surface area contributed by atoms with Crippen molar-refractivity contribution in [1.29, 1.82) is 0 Å². The van der Waals surface area contributed by atoms with Crippen LogP contribution in [0.5, 0.6) is 0 Å². The van der Waals surface area contributed by atoms with Gasteiger partial charge in [-0.15, -0.1) is 0 Å². The Balaban J connectivity index is 3.28. The fraction of sp³-hybridized carbons (Fsp3) is 0.273. The van der Waals surface area contributed by atoms with E-state index in [4.69, 9.17) is 33.4 Å². The molecular weight excluding hydrogens is 299 g/mol. The summed E-state index contributed by atoms with van der Waals surface area (Å²) in [6, 6.07) is 4.66. The molecule has 0 fully saturated rings. The van der Waals surface area contributed by atoms with Gasteiger partial charge in [0.1, 0.15) is 0 Å². The maximum Gasteiger partial charge on any atom is 0.331 e. The first-order chi connectivity index (χ1) is 8.35. The van der Waals surface area contributed by atoms with Gasteiger partial charge in [-0.05, 0) is 18.6 Å². The van der Waals surface area contributed by atoms with E-state index in [2.05, 4.69) is 0 Å². The van der Waals surface area contributed by atoms with Crippen molar-refractivity contribution in [2.45, 2.75) is 23.0 Å². The summed E-state index contributed by atoms with van der Waals surface area (Å²) in [6.07, 6.45) is -0.0934. The smallest absolute Gasteiger partial charge is 0.331 e. The highest BCUT2D eigenvalue weighted by Crippen LogP contribution is 2.43. The van der Waals surface area contributed by atoms with Gasteiger partial charge in [0.15, 0.2) is 0 Å². The molecule has 0 amide bonds. The average molecular weight is 309 g/mol. The van der Waals surface area contributed by atoms with Crippen LogP contribution in [-0.4, -0.2) is 26.9 Å². The molecule has 7 heteroatoms. The van der Waals surface area contributed by atoms with Gasteiger partial charge in [-0.25, -0.2) is 0 Å². The van der Waals surface area contributed by atoms with E-state index in [9.17, 15) is 9.59 Å². The van der Waals surface area contributed by atoms with Crippen molar-refractivity contribution in [3.63, 3.8) is 0 Å². The lowest BCUT2D eigenvalue weighted by Gasteiger charge is -2.23. The summed E-state index contributed by atoms with van der Waals surface area (Å²) < 4.78 is -1.99. The van der Waals surface area contributed by atoms with E-state index in [0.717, 1.165) is 0 Å². The second-order valence-corrected chi connectivity index (χ2v) is 5.57. The van der Waals surface area contributed by atoms with Crippen LogP contribution >= 0.6 is 35.0 Å². The normalized spacial score (nSPS) is 11.3. The molecule has 98 valence electrons. The highest BCUT2D eigenvalue weighted by molar-refractivity contribution is 8.02. The van der Waals surface area contributed by atoms with Gasteiger partial charge < -0.3 is 10.2 Å². The molecular formula is C11H10Cl2O4S. The largest absolute Gasteiger partial charge is 0.480 e. The van der Waals surface area contributed by atoms with E-state index in [1.807, 2.05) is 0 Å². The molecule has 1 aromatic carbocycles. The molecule has 0 atom stereocenters. The predicted molar refractivity (Wildman–Crippen MR) is 70.6 cm³/mol. The highest BCUT2D eigenvalue weighted by atomic mass is 35.5. The van der Waals surface area contributed by atoms with Gasteiger partial charge >= 0.3 is 11.9 Å². The van der Waals surface area contributed by atoms with Crippen molar-refractivity contribution in [2.75, 3.05) is 0 Å². The minimum atomic E-state index is -1.99. The van der Waals surface area contributed by atoms with E-state index >= 15 is 0 Å². The minimum Gasteiger partial charge on any atom is -0.480 e. The van der Waals surface area contributed by atoms with Crippen LogP contribution in [0.1, 0.15) is 13.3 Å². The van der Waals surface area contributed by atoms with Gasteiger partial charge in [-0.2, -0.15) is 0 Å². The van der Waals surface area contributed by atoms with Crippen molar-refractivity contribution < 1.29 is 19.8 Å². The lowest BCUT2D eigenvalue weighted by molar-refractivity contribution is -0.151. The summed E-state index contributed by atoms with van der Waals surface area (Å²) in [6.45, 7) is 1.49. The Morgan fingerprint density at radius 3 is 2.00 bits per heavy atom. The molecule has 0 saturated carbocycles. The third-order valence-corrected chi connectivity index (χ3v) is 4.87. The summed E-state index contributed by atoms with van der Waals surface area (Å²) in [5.41, 5.74) is 0. The molecule has 0 spiro atoms. The standard InChI is InChI=1S/C11H10Cl2O4S/c1-2-11(9(14)15,10(16)17)18-8-6(12)4-3-5-7(8)13/h3-5H,2H2,1H3,(H,14,15)(H,16,17). The maximum atomic E-state index is 11.2. The first kappa shape index (κ1) is 15.1. The van der Waals surface area contributed by atoms with Crippen molar-refractivity contribution in [3.05, 3.63) is 28.2 Å². The summed E-state index contributed by atoms with van der Waals surface area (Å²) in [5, 5.41) is 18.8. The first-order valence-electron chi connectivity index (χ1n) is 4.95. The number of thioether (sulfide) groups is 1. The first-order valence-corrected chi connectivity index (χ1v) is 6.52. The molecule has 1 aromatic rings. The summed E-state index contributed by atoms with van der Waals surface area (Å²) in [7, 11) is 0. The zero-order chi connectivity index (χ0) is 13.9. The van der Waals surface area contributed by atoms with Crippen LogP contribution in [0, 0.1) is 0 Å². The number of hydrogen-bond donors (Lipinski definition) is 2. The van der Waals surface area contributed by atoms with Gasteiger partial charge in [0.05, 0.1) is 10.0 Å². The van der Waals surface area contributed by atoms with Crippen LogP contribution in [0.15, 0.2) is 23.1 Å². The predicted octanol–water partition coefficient (Wildman–Crippen LogP) is 3.40. The molecule has 4 nitrogen and oxygen atoms in total. The molecule has 0 aromatic heterocycles. The number of hydrogen-bond acceptors (Lipinski definition) is 3. The van der Waals surface area contributed by atoms with Gasteiger partial charge in [0.25, 0.3) is 0 Å². The number of carboxylic acids is 2. The maximum absolute atomic E-state index is 11.2. The molecule has 0 aliphatic rings. The zero-order valence-corrected chi connectivity index (χ0v) is 11.6. The second-order valence-electron chi connectivity index (χ2n) is 3.44.